The third-order valence-corrected chi connectivity index (χ3v) is 6.17. The van der Waals surface area contributed by atoms with Gasteiger partial charge in [0.1, 0.15) is 5.75 Å². The zero-order chi connectivity index (χ0) is 25.3. The lowest BCUT2D eigenvalue weighted by molar-refractivity contribution is -0.130. The van der Waals surface area contributed by atoms with Gasteiger partial charge in [0.05, 0.1) is 12.8 Å². The minimum atomic E-state index is -0.268. The van der Waals surface area contributed by atoms with E-state index >= 15 is 0 Å². The van der Waals surface area contributed by atoms with Crippen molar-refractivity contribution < 1.29 is 19.1 Å². The highest BCUT2D eigenvalue weighted by Gasteiger charge is 2.26. The average Bonchev–Trinajstić information content (AvgIpc) is 2.93. The number of ether oxygens (including phenoxy) is 1. The molecule has 0 unspecified atom stereocenters. The molecule has 2 N–H and O–H groups in total. The van der Waals surface area contributed by atoms with Crippen molar-refractivity contribution in [2.45, 2.75) is 12.8 Å². The summed E-state index contributed by atoms with van der Waals surface area (Å²) < 4.78 is 5.27. The Bertz CT molecular complexity index is 1230. The van der Waals surface area contributed by atoms with Gasteiger partial charge in [0, 0.05) is 36.3 Å². The standard InChI is InChI=1S/C29H29N3O4/c1-36-26-10-6-5-9-25(26)31-29(35)22-12-14-24(15-13-22)30-28(34)23-17-19-32(20-18-23)27(33)16-11-21-7-3-2-4-8-21/h2-16,23H,17-20H2,1H3,(H,30,34)(H,31,35). The molecule has 0 aromatic heterocycles. The summed E-state index contributed by atoms with van der Waals surface area (Å²) in [6.07, 6.45) is 4.61. The number of nitrogens with zero attached hydrogens (tertiary/aromatic N) is 1. The molecular weight excluding hydrogens is 454 g/mol. The Balaban J connectivity index is 1.26. The van der Waals surface area contributed by atoms with Gasteiger partial charge in [0.15, 0.2) is 0 Å². The molecule has 3 aromatic rings. The summed E-state index contributed by atoms with van der Waals surface area (Å²) in [6, 6.07) is 23.6. The highest BCUT2D eigenvalue weighted by molar-refractivity contribution is 6.05. The largest absolute Gasteiger partial charge is 0.495 e. The van der Waals surface area contributed by atoms with Gasteiger partial charge in [-0.2, -0.15) is 0 Å². The molecule has 1 aliphatic heterocycles. The van der Waals surface area contributed by atoms with Gasteiger partial charge in [-0.15, -0.1) is 0 Å². The van der Waals surface area contributed by atoms with E-state index in [1.165, 1.54) is 0 Å². The molecule has 3 amide bonds. The van der Waals surface area contributed by atoms with E-state index in [2.05, 4.69) is 10.6 Å². The zero-order valence-electron chi connectivity index (χ0n) is 20.1. The number of likely N-dealkylation sites (tertiary alicyclic amines) is 1. The summed E-state index contributed by atoms with van der Waals surface area (Å²) in [5, 5.41) is 5.76. The number of hydrogen-bond donors (Lipinski definition) is 2. The molecule has 184 valence electrons. The van der Waals surface area contributed by atoms with Crippen molar-refractivity contribution in [3.05, 3.63) is 96.1 Å². The molecule has 0 aliphatic carbocycles. The number of para-hydroxylation sites is 2. The molecule has 1 saturated heterocycles. The topological polar surface area (TPSA) is 87.7 Å². The van der Waals surface area contributed by atoms with Crippen LogP contribution in [-0.4, -0.2) is 42.8 Å². The monoisotopic (exact) mass is 483 g/mol. The first kappa shape index (κ1) is 24.7. The Hall–Kier alpha value is -4.39. The van der Waals surface area contributed by atoms with Crippen LogP contribution < -0.4 is 15.4 Å². The summed E-state index contributed by atoms with van der Waals surface area (Å²) in [7, 11) is 1.55. The lowest BCUT2D eigenvalue weighted by Gasteiger charge is -2.30. The lowest BCUT2D eigenvalue weighted by atomic mass is 9.95. The van der Waals surface area contributed by atoms with E-state index in [4.69, 9.17) is 4.74 Å². The van der Waals surface area contributed by atoms with E-state index in [-0.39, 0.29) is 23.6 Å². The van der Waals surface area contributed by atoms with Gasteiger partial charge in [0.25, 0.3) is 5.91 Å². The maximum atomic E-state index is 12.8. The zero-order valence-corrected chi connectivity index (χ0v) is 20.1. The summed E-state index contributed by atoms with van der Waals surface area (Å²) in [6.45, 7) is 1.08. The minimum absolute atomic E-state index is 0.0419. The van der Waals surface area contributed by atoms with E-state index in [0.29, 0.717) is 48.6 Å². The summed E-state index contributed by atoms with van der Waals surface area (Å²) >= 11 is 0. The summed E-state index contributed by atoms with van der Waals surface area (Å²) in [5.41, 5.74) is 2.65. The van der Waals surface area contributed by atoms with E-state index < -0.39 is 0 Å². The predicted octanol–water partition coefficient (Wildman–Crippen LogP) is 4.84. The van der Waals surface area contributed by atoms with Crippen molar-refractivity contribution in [3.8, 4) is 5.75 Å². The maximum Gasteiger partial charge on any atom is 0.255 e. The van der Waals surface area contributed by atoms with Crippen LogP contribution in [0.4, 0.5) is 11.4 Å². The van der Waals surface area contributed by atoms with Crippen LogP contribution in [0, 0.1) is 5.92 Å². The SMILES string of the molecule is COc1ccccc1NC(=O)c1ccc(NC(=O)C2CCN(C(=O)C=Cc3ccccc3)CC2)cc1. The quantitative estimate of drug-likeness (QED) is 0.471. The Morgan fingerprint density at radius 2 is 1.53 bits per heavy atom. The van der Waals surface area contributed by atoms with Crippen LogP contribution in [0.25, 0.3) is 6.08 Å². The van der Waals surface area contributed by atoms with Crippen LogP contribution in [0.2, 0.25) is 0 Å². The molecule has 0 spiro atoms. The molecule has 0 bridgehead atoms. The van der Waals surface area contributed by atoms with Gasteiger partial charge in [-0.05, 0) is 60.9 Å². The van der Waals surface area contributed by atoms with Gasteiger partial charge in [-0.1, -0.05) is 42.5 Å². The van der Waals surface area contributed by atoms with E-state index in [0.717, 1.165) is 5.56 Å². The Morgan fingerprint density at radius 3 is 2.22 bits per heavy atom. The summed E-state index contributed by atoms with van der Waals surface area (Å²) in [5.74, 6) is 0.0268. The number of anilines is 2. The second-order valence-corrected chi connectivity index (χ2v) is 8.56. The number of piperidine rings is 1. The molecule has 3 aromatic carbocycles. The van der Waals surface area contributed by atoms with Gasteiger partial charge in [-0.25, -0.2) is 0 Å². The number of methoxy groups -OCH3 is 1. The van der Waals surface area contributed by atoms with E-state index in [1.807, 2.05) is 42.5 Å². The molecule has 36 heavy (non-hydrogen) atoms. The Labute approximate surface area is 210 Å². The number of carbonyl (C=O) groups is 3. The average molecular weight is 484 g/mol. The molecule has 7 heteroatoms. The second-order valence-electron chi connectivity index (χ2n) is 8.56. The molecule has 1 fully saturated rings. The predicted molar refractivity (Wildman–Crippen MR) is 141 cm³/mol. The Morgan fingerprint density at radius 1 is 0.861 bits per heavy atom. The van der Waals surface area contributed by atoms with E-state index in [9.17, 15) is 14.4 Å². The van der Waals surface area contributed by atoms with Crippen molar-refractivity contribution in [2.75, 3.05) is 30.8 Å². The van der Waals surface area contributed by atoms with E-state index in [1.54, 1.807) is 60.6 Å². The van der Waals surface area contributed by atoms with Crippen molar-refractivity contribution in [1.29, 1.82) is 0 Å². The normalized spacial score (nSPS) is 13.9. The van der Waals surface area contributed by atoms with Gasteiger partial charge in [-0.3, -0.25) is 14.4 Å². The van der Waals surface area contributed by atoms with Crippen LogP contribution in [-0.2, 0) is 9.59 Å². The first-order valence-corrected chi connectivity index (χ1v) is 11.9. The fourth-order valence-corrected chi connectivity index (χ4v) is 4.09. The number of carbonyl (C=O) groups excluding carboxylic acids is 3. The van der Waals surface area contributed by atoms with Gasteiger partial charge < -0.3 is 20.3 Å². The highest BCUT2D eigenvalue weighted by Crippen LogP contribution is 2.24. The molecular formula is C29H29N3O4. The third-order valence-electron chi connectivity index (χ3n) is 6.17. The molecule has 7 nitrogen and oxygen atoms in total. The number of hydrogen-bond acceptors (Lipinski definition) is 4. The van der Waals surface area contributed by atoms with Gasteiger partial charge >= 0.3 is 0 Å². The minimum Gasteiger partial charge on any atom is -0.495 e. The fraction of sp³-hybridized carbons (Fsp3) is 0.207. The van der Waals surface area contributed by atoms with Gasteiger partial charge in [0.2, 0.25) is 11.8 Å². The van der Waals surface area contributed by atoms with Crippen molar-refractivity contribution in [2.24, 2.45) is 5.92 Å². The molecule has 0 saturated carbocycles. The molecule has 0 radical (unpaired) electrons. The highest BCUT2D eigenvalue weighted by atomic mass is 16.5. The molecule has 4 rings (SSSR count). The van der Waals surface area contributed by atoms with Crippen LogP contribution in [0.1, 0.15) is 28.8 Å². The third kappa shape index (κ3) is 6.39. The lowest BCUT2D eigenvalue weighted by Crippen LogP contribution is -2.40. The second kappa shape index (κ2) is 11.8. The van der Waals surface area contributed by atoms with Crippen molar-refractivity contribution >= 4 is 35.2 Å². The van der Waals surface area contributed by atoms with Crippen molar-refractivity contribution in [3.63, 3.8) is 0 Å². The fourth-order valence-electron chi connectivity index (χ4n) is 4.09. The smallest absolute Gasteiger partial charge is 0.255 e. The molecule has 1 heterocycles. The number of benzene rings is 3. The number of nitrogens with one attached hydrogen (secondary N) is 2. The molecule has 0 atom stereocenters. The maximum absolute atomic E-state index is 12.8. The Kier molecular flexibility index (Phi) is 8.13. The van der Waals surface area contributed by atoms with Crippen LogP contribution in [0.15, 0.2) is 84.9 Å². The van der Waals surface area contributed by atoms with Crippen LogP contribution in [0.3, 0.4) is 0 Å². The first-order valence-electron chi connectivity index (χ1n) is 11.9. The summed E-state index contributed by atoms with van der Waals surface area (Å²) in [4.78, 5) is 39.6. The number of amides is 3. The van der Waals surface area contributed by atoms with Crippen LogP contribution in [0.5, 0.6) is 5.75 Å². The van der Waals surface area contributed by atoms with Crippen LogP contribution >= 0.6 is 0 Å². The number of rotatable bonds is 7. The molecule has 1 aliphatic rings. The first-order chi connectivity index (χ1) is 17.5. The van der Waals surface area contributed by atoms with Crippen molar-refractivity contribution in [1.82, 2.24) is 4.90 Å².